The summed E-state index contributed by atoms with van der Waals surface area (Å²) in [5.41, 5.74) is 2.70. The van der Waals surface area contributed by atoms with Crippen LogP contribution in [0.1, 0.15) is 56.9 Å². The van der Waals surface area contributed by atoms with Crippen LogP contribution in [0.2, 0.25) is 0 Å². The molecule has 5 heteroatoms. The van der Waals surface area contributed by atoms with E-state index in [0.717, 1.165) is 43.8 Å². The van der Waals surface area contributed by atoms with E-state index >= 15 is 0 Å². The molecule has 3 saturated carbocycles. The lowest BCUT2D eigenvalue weighted by Gasteiger charge is -2.50. The number of anilines is 1. The molecule has 0 radical (unpaired) electrons. The number of fused-ring (bicyclic) bond motifs is 1. The number of nitrogens with one attached hydrogen (secondary N) is 1. The second-order valence-electron chi connectivity index (χ2n) is 9.46. The van der Waals surface area contributed by atoms with Gasteiger partial charge < -0.3 is 10.2 Å². The van der Waals surface area contributed by atoms with Crippen molar-refractivity contribution in [3.8, 4) is 0 Å². The zero-order valence-electron chi connectivity index (χ0n) is 17.3. The second kappa shape index (κ2) is 6.77. The number of aromatic nitrogens is 1. The fraction of sp³-hybridized carbons (Fsp3) is 0.727. The minimum absolute atomic E-state index is 0.129. The van der Waals surface area contributed by atoms with Gasteiger partial charge in [0, 0.05) is 39.3 Å². The third-order valence-corrected chi connectivity index (χ3v) is 8.13. The highest BCUT2D eigenvalue weighted by molar-refractivity contribution is 5.92. The van der Waals surface area contributed by atoms with Crippen molar-refractivity contribution in [2.45, 2.75) is 52.5 Å². The van der Waals surface area contributed by atoms with Crippen LogP contribution in [-0.2, 0) is 0 Å². The summed E-state index contributed by atoms with van der Waals surface area (Å²) in [7, 11) is 1.64. The standard InChI is InChI=1S/C22H34N4O/c1-5-21(2,3)22-12-16(13-22)19(14-22)26-10-8-25(9-11-26)17-6-7-18(24-15-17)20(27)23-4/h6-7,15-16,19H,5,8-14H2,1-4H3,(H,23,27). The molecule has 4 aliphatic rings. The summed E-state index contributed by atoms with van der Waals surface area (Å²) in [4.78, 5) is 21.1. The van der Waals surface area contributed by atoms with Gasteiger partial charge in [0.25, 0.3) is 5.91 Å². The highest BCUT2D eigenvalue weighted by Crippen LogP contribution is 2.68. The van der Waals surface area contributed by atoms with Gasteiger partial charge in [-0.25, -0.2) is 4.98 Å². The fourth-order valence-corrected chi connectivity index (χ4v) is 5.73. The lowest BCUT2D eigenvalue weighted by molar-refractivity contribution is -0.00773. The van der Waals surface area contributed by atoms with Gasteiger partial charge in [0.05, 0.1) is 11.9 Å². The SMILES string of the molecule is CCC(C)(C)C12CC(C1)C(N1CCN(c3ccc(C(=O)NC)nc3)CC1)C2. The maximum Gasteiger partial charge on any atom is 0.269 e. The van der Waals surface area contributed by atoms with Gasteiger partial charge in [-0.15, -0.1) is 0 Å². The van der Waals surface area contributed by atoms with Crippen LogP contribution in [0.4, 0.5) is 5.69 Å². The van der Waals surface area contributed by atoms with Crippen molar-refractivity contribution in [3.05, 3.63) is 24.0 Å². The van der Waals surface area contributed by atoms with Gasteiger partial charge in [-0.1, -0.05) is 27.2 Å². The Morgan fingerprint density at radius 1 is 1.22 bits per heavy atom. The van der Waals surface area contributed by atoms with Crippen LogP contribution in [0.25, 0.3) is 0 Å². The van der Waals surface area contributed by atoms with E-state index in [1.54, 1.807) is 7.05 Å². The van der Waals surface area contributed by atoms with Gasteiger partial charge in [0.15, 0.2) is 0 Å². The molecule has 0 aromatic carbocycles. The van der Waals surface area contributed by atoms with E-state index in [2.05, 4.69) is 40.9 Å². The Morgan fingerprint density at radius 3 is 2.48 bits per heavy atom. The molecule has 1 saturated heterocycles. The molecule has 3 aliphatic carbocycles. The van der Waals surface area contributed by atoms with Crippen LogP contribution in [0, 0.1) is 16.7 Å². The quantitative estimate of drug-likeness (QED) is 0.865. The number of hydrogen-bond donors (Lipinski definition) is 1. The zero-order valence-corrected chi connectivity index (χ0v) is 17.3. The van der Waals surface area contributed by atoms with E-state index < -0.39 is 0 Å². The first-order valence-electron chi connectivity index (χ1n) is 10.6. The summed E-state index contributed by atoms with van der Waals surface area (Å²) in [6, 6.07) is 4.65. The van der Waals surface area contributed by atoms with E-state index in [0.29, 0.717) is 16.5 Å². The van der Waals surface area contributed by atoms with Crippen molar-refractivity contribution in [2.75, 3.05) is 38.1 Å². The van der Waals surface area contributed by atoms with Crippen LogP contribution in [0.15, 0.2) is 18.3 Å². The van der Waals surface area contributed by atoms with E-state index in [1.807, 2.05) is 18.3 Å². The second-order valence-corrected chi connectivity index (χ2v) is 9.46. The maximum atomic E-state index is 11.7. The topological polar surface area (TPSA) is 48.5 Å². The van der Waals surface area contributed by atoms with Crippen LogP contribution >= 0.6 is 0 Å². The Morgan fingerprint density at radius 2 is 1.93 bits per heavy atom. The third-order valence-electron chi connectivity index (χ3n) is 8.13. The molecule has 1 aliphatic heterocycles. The van der Waals surface area contributed by atoms with Crippen LogP contribution in [0.5, 0.6) is 0 Å². The van der Waals surface area contributed by atoms with Crippen molar-refractivity contribution in [1.29, 1.82) is 0 Å². The summed E-state index contributed by atoms with van der Waals surface area (Å²) in [6.45, 7) is 11.7. The first-order chi connectivity index (χ1) is 12.9. The monoisotopic (exact) mass is 370 g/mol. The summed E-state index contributed by atoms with van der Waals surface area (Å²) in [6.07, 6.45) is 7.43. The van der Waals surface area contributed by atoms with E-state index in [4.69, 9.17) is 0 Å². The number of carbonyl (C=O) groups is 1. The summed E-state index contributed by atoms with van der Waals surface area (Å²) in [5, 5.41) is 2.62. The molecule has 1 aromatic heterocycles. The summed E-state index contributed by atoms with van der Waals surface area (Å²) < 4.78 is 0. The average molecular weight is 371 g/mol. The van der Waals surface area contributed by atoms with Gasteiger partial charge >= 0.3 is 0 Å². The molecular weight excluding hydrogens is 336 g/mol. The molecule has 4 fully saturated rings. The molecular formula is C22H34N4O. The normalized spacial score (nSPS) is 30.9. The van der Waals surface area contributed by atoms with E-state index in [1.165, 1.54) is 25.7 Å². The van der Waals surface area contributed by atoms with Crippen molar-refractivity contribution in [3.63, 3.8) is 0 Å². The lowest BCUT2D eigenvalue weighted by atomic mass is 9.54. The Hall–Kier alpha value is -1.62. The highest BCUT2D eigenvalue weighted by atomic mass is 16.1. The molecule has 2 heterocycles. The number of nitrogens with zero attached hydrogens (tertiary/aromatic N) is 3. The van der Waals surface area contributed by atoms with Gasteiger partial charge in [-0.05, 0) is 48.1 Å². The molecule has 1 amide bonds. The first-order valence-corrected chi connectivity index (χ1v) is 10.6. The maximum absolute atomic E-state index is 11.7. The van der Waals surface area contributed by atoms with Crippen molar-refractivity contribution >= 4 is 11.6 Å². The predicted molar refractivity (Wildman–Crippen MR) is 109 cm³/mol. The highest BCUT2D eigenvalue weighted by Gasteiger charge is 2.62. The fourth-order valence-electron chi connectivity index (χ4n) is 5.73. The molecule has 27 heavy (non-hydrogen) atoms. The van der Waals surface area contributed by atoms with Crippen LogP contribution in [0.3, 0.4) is 0 Å². The zero-order chi connectivity index (χ0) is 19.2. The smallest absolute Gasteiger partial charge is 0.269 e. The molecule has 5 rings (SSSR count). The number of hydrogen-bond acceptors (Lipinski definition) is 4. The van der Waals surface area contributed by atoms with Gasteiger partial charge in [0.1, 0.15) is 5.69 Å². The minimum Gasteiger partial charge on any atom is -0.368 e. The van der Waals surface area contributed by atoms with Gasteiger partial charge in [-0.2, -0.15) is 0 Å². The molecule has 1 unspecified atom stereocenters. The minimum atomic E-state index is -0.129. The molecule has 1 aromatic rings. The van der Waals surface area contributed by atoms with Crippen molar-refractivity contribution in [2.24, 2.45) is 16.7 Å². The number of carbonyl (C=O) groups excluding carboxylic acids is 1. The molecule has 1 atom stereocenters. The lowest BCUT2D eigenvalue weighted by Crippen LogP contribution is -2.51. The Kier molecular flexibility index (Phi) is 4.69. The number of amides is 1. The number of pyridine rings is 1. The number of rotatable bonds is 5. The van der Waals surface area contributed by atoms with Crippen molar-refractivity contribution in [1.82, 2.24) is 15.2 Å². The predicted octanol–water partition coefficient (Wildman–Crippen LogP) is 3.17. The molecule has 2 bridgehead atoms. The summed E-state index contributed by atoms with van der Waals surface area (Å²) in [5.74, 6) is 0.798. The Bertz CT molecular complexity index is 685. The van der Waals surface area contributed by atoms with Crippen molar-refractivity contribution < 1.29 is 4.79 Å². The Labute approximate surface area is 163 Å². The first kappa shape index (κ1) is 18.7. The largest absolute Gasteiger partial charge is 0.368 e. The molecule has 1 N–H and O–H groups in total. The van der Waals surface area contributed by atoms with E-state index in [9.17, 15) is 4.79 Å². The van der Waals surface area contributed by atoms with E-state index in [-0.39, 0.29) is 5.91 Å². The molecule has 148 valence electrons. The van der Waals surface area contributed by atoms with Gasteiger partial charge in [0.2, 0.25) is 0 Å². The third kappa shape index (κ3) is 3.04. The molecule has 5 nitrogen and oxygen atoms in total. The average Bonchev–Trinajstić information content (AvgIpc) is 3.25. The van der Waals surface area contributed by atoms with Crippen LogP contribution < -0.4 is 10.2 Å². The Balaban J connectivity index is 1.34. The van der Waals surface area contributed by atoms with Gasteiger partial charge in [-0.3, -0.25) is 9.69 Å². The van der Waals surface area contributed by atoms with Crippen LogP contribution in [-0.4, -0.2) is 55.1 Å². The number of piperazine rings is 1. The summed E-state index contributed by atoms with van der Waals surface area (Å²) >= 11 is 0. The molecule has 0 spiro atoms.